The molecule has 28 heavy (non-hydrogen) atoms. The molecule has 1 saturated heterocycles. The Balaban J connectivity index is 1.33. The van der Waals surface area contributed by atoms with Crippen LogP contribution in [0.25, 0.3) is 11.0 Å². The van der Waals surface area contributed by atoms with Crippen molar-refractivity contribution in [2.45, 2.75) is 38.1 Å². The van der Waals surface area contributed by atoms with Crippen molar-refractivity contribution in [3.63, 3.8) is 0 Å². The van der Waals surface area contributed by atoms with Crippen LogP contribution in [0.3, 0.4) is 0 Å². The minimum atomic E-state index is -0.299. The molecule has 2 heterocycles. The van der Waals surface area contributed by atoms with Gasteiger partial charge in [-0.2, -0.15) is 0 Å². The number of hydrogen-bond acceptors (Lipinski definition) is 3. The number of benzene rings is 1. The van der Waals surface area contributed by atoms with Gasteiger partial charge in [0.1, 0.15) is 0 Å². The van der Waals surface area contributed by atoms with E-state index in [0.29, 0.717) is 24.7 Å². The number of likely N-dealkylation sites (tertiary alicyclic amines) is 1. The summed E-state index contributed by atoms with van der Waals surface area (Å²) in [5.74, 6) is 0.380. The number of amides is 3. The fraction of sp³-hybridized carbons (Fsp3) is 0.550. The van der Waals surface area contributed by atoms with E-state index in [1.54, 1.807) is 35.4 Å². The van der Waals surface area contributed by atoms with Crippen LogP contribution in [-0.2, 0) is 18.9 Å². The molecule has 1 atom stereocenters. The summed E-state index contributed by atoms with van der Waals surface area (Å²) in [6.07, 6.45) is 5.14. The lowest BCUT2D eigenvalue weighted by molar-refractivity contribution is -0.129. The highest BCUT2D eigenvalue weighted by atomic mass is 16.2. The molecule has 150 valence electrons. The minimum absolute atomic E-state index is 0.102. The van der Waals surface area contributed by atoms with E-state index in [1.165, 1.54) is 12.8 Å². The first kappa shape index (κ1) is 18.6. The van der Waals surface area contributed by atoms with Crippen molar-refractivity contribution in [1.29, 1.82) is 0 Å². The van der Waals surface area contributed by atoms with E-state index in [9.17, 15) is 14.4 Å². The van der Waals surface area contributed by atoms with Crippen molar-refractivity contribution in [1.82, 2.24) is 19.4 Å². The zero-order chi connectivity index (χ0) is 19.8. The molecular formula is C20H27N5O3. The van der Waals surface area contributed by atoms with Gasteiger partial charge in [0.2, 0.25) is 5.91 Å². The smallest absolute Gasteiger partial charge is 0.328 e. The first-order chi connectivity index (χ1) is 13.4. The first-order valence-corrected chi connectivity index (χ1v) is 9.94. The Morgan fingerprint density at radius 1 is 1.11 bits per heavy atom. The molecule has 1 saturated carbocycles. The number of nitrogens with one attached hydrogen (secondary N) is 2. The lowest BCUT2D eigenvalue weighted by atomic mass is 10.1. The number of hydrogen-bond donors (Lipinski definition) is 2. The molecule has 3 amide bonds. The number of aryl methyl sites for hydroxylation is 2. The van der Waals surface area contributed by atoms with E-state index in [-0.39, 0.29) is 23.5 Å². The first-order valence-electron chi connectivity index (χ1n) is 9.94. The quantitative estimate of drug-likeness (QED) is 0.841. The molecule has 2 aliphatic rings. The van der Waals surface area contributed by atoms with Crippen LogP contribution in [0.1, 0.15) is 32.1 Å². The molecule has 0 bridgehead atoms. The van der Waals surface area contributed by atoms with Gasteiger partial charge >= 0.3 is 11.7 Å². The largest absolute Gasteiger partial charge is 0.339 e. The number of imidazole rings is 1. The van der Waals surface area contributed by atoms with E-state index in [4.69, 9.17) is 0 Å². The zero-order valence-corrected chi connectivity index (χ0v) is 16.4. The molecule has 1 aliphatic carbocycles. The van der Waals surface area contributed by atoms with Crippen LogP contribution >= 0.6 is 0 Å². The summed E-state index contributed by atoms with van der Waals surface area (Å²) in [7, 11) is 3.43. The molecule has 0 spiro atoms. The molecule has 2 aromatic rings. The maximum Gasteiger partial charge on any atom is 0.328 e. The van der Waals surface area contributed by atoms with Gasteiger partial charge in [-0.15, -0.1) is 0 Å². The summed E-state index contributed by atoms with van der Waals surface area (Å²) in [5, 5.41) is 5.70. The van der Waals surface area contributed by atoms with Gasteiger partial charge < -0.3 is 15.5 Å². The van der Waals surface area contributed by atoms with E-state index in [1.807, 2.05) is 11.0 Å². The van der Waals surface area contributed by atoms with Crippen molar-refractivity contribution >= 4 is 28.7 Å². The van der Waals surface area contributed by atoms with Crippen LogP contribution in [0, 0.1) is 5.92 Å². The molecule has 1 aliphatic heterocycles. The molecule has 0 radical (unpaired) electrons. The van der Waals surface area contributed by atoms with Crippen molar-refractivity contribution in [3.8, 4) is 0 Å². The highest BCUT2D eigenvalue weighted by molar-refractivity contribution is 5.92. The maximum atomic E-state index is 12.3. The Kier molecular flexibility index (Phi) is 4.87. The van der Waals surface area contributed by atoms with Crippen molar-refractivity contribution in [3.05, 3.63) is 28.7 Å². The van der Waals surface area contributed by atoms with E-state index in [2.05, 4.69) is 10.6 Å². The zero-order valence-electron chi connectivity index (χ0n) is 16.4. The van der Waals surface area contributed by atoms with Gasteiger partial charge in [0, 0.05) is 51.3 Å². The Bertz CT molecular complexity index is 970. The average molecular weight is 385 g/mol. The topological polar surface area (TPSA) is 88.4 Å². The number of carbonyl (C=O) groups is 2. The number of fused-ring (bicyclic) bond motifs is 1. The second kappa shape index (κ2) is 7.33. The summed E-state index contributed by atoms with van der Waals surface area (Å²) < 4.78 is 3.13. The van der Waals surface area contributed by atoms with E-state index in [0.717, 1.165) is 30.4 Å². The second-order valence-corrected chi connectivity index (χ2v) is 7.99. The summed E-state index contributed by atoms with van der Waals surface area (Å²) >= 11 is 0. The van der Waals surface area contributed by atoms with Gasteiger partial charge in [0.15, 0.2) is 0 Å². The monoisotopic (exact) mass is 385 g/mol. The second-order valence-electron chi connectivity index (χ2n) is 7.99. The maximum absolute atomic E-state index is 12.3. The summed E-state index contributed by atoms with van der Waals surface area (Å²) in [6.45, 7) is 1.22. The molecule has 1 aromatic heterocycles. The van der Waals surface area contributed by atoms with Gasteiger partial charge in [-0.3, -0.25) is 13.9 Å². The average Bonchev–Trinajstić information content (AvgIpc) is 3.37. The number of carbonyl (C=O) groups excluding carboxylic acids is 2. The van der Waals surface area contributed by atoms with Gasteiger partial charge in [-0.05, 0) is 31.0 Å². The summed E-state index contributed by atoms with van der Waals surface area (Å²) in [5.41, 5.74) is 2.10. The normalized spacial score (nSPS) is 20.3. The van der Waals surface area contributed by atoms with Crippen LogP contribution in [-0.4, -0.2) is 45.1 Å². The SMILES string of the molecule is Cn1c(=O)n(C)c2cc(NC(=O)NC[C@H]3CC(=O)N(C4CCCC4)C3)ccc21. The highest BCUT2D eigenvalue weighted by Crippen LogP contribution is 2.29. The number of urea groups is 1. The third-order valence-electron chi connectivity index (χ3n) is 6.09. The third-order valence-corrected chi connectivity index (χ3v) is 6.09. The predicted molar refractivity (Wildman–Crippen MR) is 107 cm³/mol. The van der Waals surface area contributed by atoms with Crippen molar-refractivity contribution in [2.24, 2.45) is 20.0 Å². The Labute approximate surface area is 163 Å². The molecule has 0 unspecified atom stereocenters. The molecule has 8 heteroatoms. The number of nitrogens with zero attached hydrogens (tertiary/aromatic N) is 3. The number of aromatic nitrogens is 2. The molecule has 8 nitrogen and oxygen atoms in total. The number of anilines is 1. The van der Waals surface area contributed by atoms with Crippen LogP contribution in [0.2, 0.25) is 0 Å². The van der Waals surface area contributed by atoms with Gasteiger partial charge in [0.05, 0.1) is 11.0 Å². The molecule has 1 aromatic carbocycles. The minimum Gasteiger partial charge on any atom is -0.339 e. The van der Waals surface area contributed by atoms with E-state index >= 15 is 0 Å². The molecule has 2 fully saturated rings. The van der Waals surface area contributed by atoms with Crippen LogP contribution in [0.15, 0.2) is 23.0 Å². The van der Waals surface area contributed by atoms with E-state index < -0.39 is 0 Å². The predicted octanol–water partition coefficient (Wildman–Crippen LogP) is 1.79. The lowest BCUT2D eigenvalue weighted by Crippen LogP contribution is -2.36. The molecular weight excluding hydrogens is 358 g/mol. The van der Waals surface area contributed by atoms with Gasteiger partial charge in [0.25, 0.3) is 0 Å². The third kappa shape index (κ3) is 3.39. The van der Waals surface area contributed by atoms with Crippen LogP contribution in [0.5, 0.6) is 0 Å². The Morgan fingerprint density at radius 3 is 2.57 bits per heavy atom. The van der Waals surface area contributed by atoms with Crippen molar-refractivity contribution < 1.29 is 9.59 Å². The number of rotatable bonds is 4. The van der Waals surface area contributed by atoms with Gasteiger partial charge in [-0.1, -0.05) is 12.8 Å². The fourth-order valence-electron chi connectivity index (χ4n) is 4.51. The Hall–Kier alpha value is -2.77. The highest BCUT2D eigenvalue weighted by Gasteiger charge is 2.35. The lowest BCUT2D eigenvalue weighted by Gasteiger charge is -2.24. The Morgan fingerprint density at radius 2 is 1.82 bits per heavy atom. The fourth-order valence-corrected chi connectivity index (χ4v) is 4.51. The molecule has 2 N–H and O–H groups in total. The molecule has 4 rings (SSSR count). The van der Waals surface area contributed by atoms with Crippen molar-refractivity contribution in [2.75, 3.05) is 18.4 Å². The summed E-state index contributed by atoms with van der Waals surface area (Å²) in [6, 6.07) is 5.49. The standard InChI is InChI=1S/C20H27N5O3/c1-23-16-8-7-14(10-17(16)24(2)20(23)28)22-19(27)21-11-13-9-18(26)25(12-13)15-5-3-4-6-15/h7-8,10,13,15H,3-6,9,11-12H2,1-2H3,(H2,21,22,27)/t13-/m1/s1. The van der Waals surface area contributed by atoms with Crippen LogP contribution in [0.4, 0.5) is 10.5 Å². The summed E-state index contributed by atoms with van der Waals surface area (Å²) in [4.78, 5) is 38.6. The van der Waals surface area contributed by atoms with Crippen LogP contribution < -0.4 is 16.3 Å². The van der Waals surface area contributed by atoms with Gasteiger partial charge in [-0.25, -0.2) is 9.59 Å².